The number of benzene rings is 2. The summed E-state index contributed by atoms with van der Waals surface area (Å²) >= 11 is 0.858. The van der Waals surface area contributed by atoms with Crippen LogP contribution in [0, 0.1) is 6.42 Å². The topological polar surface area (TPSA) is 0 Å². The molecule has 105 valence electrons. The van der Waals surface area contributed by atoms with Crippen molar-refractivity contribution in [3.8, 4) is 0 Å². The third kappa shape index (κ3) is 3.78. The summed E-state index contributed by atoms with van der Waals surface area (Å²) in [6.07, 6.45) is 8.90. The molecule has 0 aromatic heterocycles. The van der Waals surface area contributed by atoms with Crippen molar-refractivity contribution in [2.75, 3.05) is 0 Å². The van der Waals surface area contributed by atoms with Gasteiger partial charge in [-0.2, -0.15) is 0 Å². The minimum absolute atomic E-state index is 0.256. The summed E-state index contributed by atoms with van der Waals surface area (Å²) in [5.74, 6) is 0. The predicted molar refractivity (Wildman–Crippen MR) is 93.6 cm³/mol. The van der Waals surface area contributed by atoms with Gasteiger partial charge in [0.1, 0.15) is 0 Å². The summed E-state index contributed by atoms with van der Waals surface area (Å²) in [5.41, 5.74) is 1.48. The zero-order valence-electron chi connectivity index (χ0n) is 11.9. The van der Waals surface area contributed by atoms with Crippen molar-refractivity contribution in [2.24, 2.45) is 0 Å². The van der Waals surface area contributed by atoms with Crippen LogP contribution >= 0.6 is 0 Å². The molecule has 0 spiro atoms. The van der Waals surface area contributed by atoms with E-state index in [4.69, 9.17) is 0 Å². The molecule has 0 fully saturated rings. The molecule has 1 aliphatic rings. The molecule has 0 nitrogen and oxygen atoms in total. The van der Waals surface area contributed by atoms with Crippen molar-refractivity contribution >= 4 is 38.8 Å². The normalized spacial score (nSPS) is 14.2. The minimum atomic E-state index is 0.256. The van der Waals surface area contributed by atoms with Gasteiger partial charge < -0.3 is 0 Å². The van der Waals surface area contributed by atoms with Crippen LogP contribution in [0.4, 0.5) is 0 Å². The first kappa shape index (κ1) is 14.9. The molecule has 0 saturated carbocycles. The summed E-state index contributed by atoms with van der Waals surface area (Å²) in [4.78, 5) is 0. The van der Waals surface area contributed by atoms with Crippen molar-refractivity contribution in [3.63, 3.8) is 0 Å². The molecule has 0 aliphatic heterocycles. The van der Waals surface area contributed by atoms with E-state index in [0.717, 1.165) is 0 Å². The van der Waals surface area contributed by atoms with Crippen molar-refractivity contribution in [1.82, 2.24) is 0 Å². The summed E-state index contributed by atoms with van der Waals surface area (Å²) in [5, 5.41) is 0. The number of hydrogen-bond donors (Lipinski definition) is 0. The van der Waals surface area contributed by atoms with Gasteiger partial charge in [-0.25, -0.2) is 0 Å². The van der Waals surface area contributed by atoms with E-state index in [9.17, 15) is 0 Å². The number of rotatable bonds is 5. The summed E-state index contributed by atoms with van der Waals surface area (Å²) in [6.45, 7) is 2.43. The van der Waals surface area contributed by atoms with Gasteiger partial charge in [-0.3, -0.25) is 0 Å². The van der Waals surface area contributed by atoms with Crippen molar-refractivity contribution < 1.29 is 0 Å². The molecule has 21 heavy (non-hydrogen) atoms. The Bertz CT molecular complexity index is 600. The van der Waals surface area contributed by atoms with E-state index in [1.54, 1.807) is 0 Å². The number of hydrogen-bond acceptors (Lipinski definition) is 0. The molecular formula is C19H17Se2. The Morgan fingerprint density at radius 1 is 0.762 bits per heavy atom. The fraction of sp³-hybridized carbons (Fsp3) is 0.105. The molecule has 2 aromatic rings. The SMILES string of the molecule is CC([Se]c1ccccc1)([Se]c1ccccc1)C1=C[CH]C=C1. The third-order valence-electron chi connectivity index (χ3n) is 3.30. The summed E-state index contributed by atoms with van der Waals surface area (Å²) in [7, 11) is 0. The van der Waals surface area contributed by atoms with Crippen molar-refractivity contribution in [3.05, 3.63) is 90.9 Å². The molecule has 2 heteroatoms. The second kappa shape index (κ2) is 6.81. The van der Waals surface area contributed by atoms with E-state index in [-0.39, 0.29) is 3.21 Å². The van der Waals surface area contributed by atoms with E-state index < -0.39 is 0 Å². The molecule has 1 aliphatic carbocycles. The monoisotopic (exact) mass is 405 g/mol. The van der Waals surface area contributed by atoms with Gasteiger partial charge in [0.05, 0.1) is 0 Å². The molecule has 0 N–H and O–H groups in total. The van der Waals surface area contributed by atoms with E-state index in [0.29, 0.717) is 29.9 Å². The first-order valence-electron chi connectivity index (χ1n) is 6.97. The van der Waals surface area contributed by atoms with E-state index in [1.807, 2.05) is 0 Å². The van der Waals surface area contributed by atoms with Crippen LogP contribution in [-0.2, 0) is 0 Å². The number of allylic oxidation sites excluding steroid dienone is 4. The molecule has 0 unspecified atom stereocenters. The first-order chi connectivity index (χ1) is 10.3. The second-order valence-electron chi connectivity index (χ2n) is 4.95. The average Bonchev–Trinajstić information content (AvgIpc) is 3.04. The van der Waals surface area contributed by atoms with Crippen LogP contribution < -0.4 is 8.92 Å². The van der Waals surface area contributed by atoms with Crippen LogP contribution in [0.1, 0.15) is 6.92 Å². The Morgan fingerprint density at radius 2 is 1.29 bits per heavy atom. The van der Waals surface area contributed by atoms with E-state index in [2.05, 4.69) is 92.2 Å². The standard InChI is InChI=1S/C19H17Se2/c1-19(16-10-8-9-11-16,20-17-12-4-2-5-13-17)21-18-14-6-3-7-15-18/h2-15H,1H3. The van der Waals surface area contributed by atoms with Crippen LogP contribution in [0.2, 0.25) is 3.21 Å². The zero-order valence-corrected chi connectivity index (χ0v) is 15.3. The van der Waals surface area contributed by atoms with Gasteiger partial charge in [-0.1, -0.05) is 0 Å². The van der Waals surface area contributed by atoms with Crippen LogP contribution in [0.25, 0.3) is 0 Å². The van der Waals surface area contributed by atoms with E-state index in [1.165, 1.54) is 14.5 Å². The van der Waals surface area contributed by atoms with Crippen LogP contribution in [0.15, 0.2) is 84.5 Å². The van der Waals surface area contributed by atoms with Crippen molar-refractivity contribution in [2.45, 2.75) is 10.1 Å². The molecule has 0 heterocycles. The Morgan fingerprint density at radius 3 is 1.71 bits per heavy atom. The molecular weight excluding hydrogens is 386 g/mol. The van der Waals surface area contributed by atoms with Gasteiger partial charge >= 0.3 is 140 Å². The van der Waals surface area contributed by atoms with E-state index >= 15 is 0 Å². The fourth-order valence-corrected chi connectivity index (χ4v) is 9.07. The summed E-state index contributed by atoms with van der Waals surface area (Å²) in [6, 6.07) is 21.9. The molecule has 0 saturated heterocycles. The maximum absolute atomic E-state index is 2.43. The molecule has 1 radical (unpaired) electrons. The first-order valence-corrected chi connectivity index (χ1v) is 10.4. The van der Waals surface area contributed by atoms with Gasteiger partial charge in [-0.05, 0) is 0 Å². The molecule has 0 bridgehead atoms. The molecule has 0 atom stereocenters. The quantitative estimate of drug-likeness (QED) is 0.674. The Balaban J connectivity index is 1.89. The Hall–Kier alpha value is -1.04. The van der Waals surface area contributed by atoms with Crippen LogP contribution in [-0.4, -0.2) is 29.9 Å². The van der Waals surface area contributed by atoms with Gasteiger partial charge in [0.2, 0.25) is 0 Å². The zero-order chi connectivity index (χ0) is 14.5. The Labute approximate surface area is 139 Å². The fourth-order valence-electron chi connectivity index (χ4n) is 2.24. The third-order valence-corrected chi connectivity index (χ3v) is 9.87. The van der Waals surface area contributed by atoms with Gasteiger partial charge in [0.15, 0.2) is 0 Å². The van der Waals surface area contributed by atoms with Gasteiger partial charge in [0, 0.05) is 0 Å². The predicted octanol–water partition coefficient (Wildman–Crippen LogP) is 2.88. The Kier molecular flexibility index (Phi) is 4.83. The van der Waals surface area contributed by atoms with Gasteiger partial charge in [-0.15, -0.1) is 0 Å². The molecule has 0 amide bonds. The maximum atomic E-state index is 2.43. The van der Waals surface area contributed by atoms with Crippen LogP contribution in [0.3, 0.4) is 0 Å². The van der Waals surface area contributed by atoms with Gasteiger partial charge in [0.25, 0.3) is 0 Å². The molecule has 2 aromatic carbocycles. The average molecular weight is 403 g/mol. The van der Waals surface area contributed by atoms with Crippen LogP contribution in [0.5, 0.6) is 0 Å². The second-order valence-corrected chi connectivity index (χ2v) is 12.5. The summed E-state index contributed by atoms with van der Waals surface area (Å²) < 4.78 is 3.21. The van der Waals surface area contributed by atoms with Crippen molar-refractivity contribution in [1.29, 1.82) is 0 Å². The molecule has 3 rings (SSSR count).